The predicted octanol–water partition coefficient (Wildman–Crippen LogP) is 5.70. The van der Waals surface area contributed by atoms with E-state index >= 15 is 0 Å². The molecule has 3 aromatic rings. The summed E-state index contributed by atoms with van der Waals surface area (Å²) in [7, 11) is 0. The minimum absolute atomic E-state index is 0.0242. The second-order valence-electron chi connectivity index (χ2n) is 7.59. The number of pyridine rings is 1. The Morgan fingerprint density at radius 3 is 2.68 bits per heavy atom. The van der Waals surface area contributed by atoms with Crippen molar-refractivity contribution in [2.45, 2.75) is 40.2 Å². The van der Waals surface area contributed by atoms with Crippen LogP contribution in [0.15, 0.2) is 41.3 Å². The summed E-state index contributed by atoms with van der Waals surface area (Å²) in [5.74, 6) is -1.12. The number of aromatic carboxylic acids is 1. The van der Waals surface area contributed by atoms with Gasteiger partial charge in [-0.15, -0.1) is 0 Å². The van der Waals surface area contributed by atoms with E-state index < -0.39 is 17.2 Å². The highest BCUT2D eigenvalue weighted by Gasteiger charge is 2.28. The zero-order valence-corrected chi connectivity index (χ0v) is 18.7. The van der Waals surface area contributed by atoms with Gasteiger partial charge in [0.25, 0.3) is 0 Å². The predicted molar refractivity (Wildman–Crippen MR) is 120 cm³/mol. The Bertz CT molecular complexity index is 1200. The molecule has 2 heterocycles. The molecule has 0 amide bonds. The average Bonchev–Trinajstić information content (AvgIpc) is 2.74. The summed E-state index contributed by atoms with van der Waals surface area (Å²) in [5, 5.41) is 9.80. The molecule has 0 saturated heterocycles. The lowest BCUT2D eigenvalue weighted by Crippen LogP contribution is -2.30. The molecule has 1 N–H and O–H groups in total. The van der Waals surface area contributed by atoms with Crippen LogP contribution >= 0.6 is 11.6 Å². The first-order valence-electron chi connectivity index (χ1n) is 10.3. The van der Waals surface area contributed by atoms with Gasteiger partial charge in [-0.1, -0.05) is 51.4 Å². The normalized spacial score (nSPS) is 14.7. The van der Waals surface area contributed by atoms with Crippen molar-refractivity contribution in [3.05, 3.63) is 74.3 Å². The lowest BCUT2D eigenvalue weighted by molar-refractivity contribution is 0.0693. The topological polar surface area (TPSA) is 68.5 Å². The molecular formula is C24H25ClFNO4. The van der Waals surface area contributed by atoms with Crippen molar-refractivity contribution in [2.75, 3.05) is 6.61 Å². The summed E-state index contributed by atoms with van der Waals surface area (Å²) in [4.78, 5) is 24.5. The minimum atomic E-state index is -1.28. The van der Waals surface area contributed by atoms with Crippen LogP contribution in [-0.2, 0) is 6.42 Å². The standard InChI is InChI=1S/C22H19ClFNO4.C2H6/c1-11(2)17-10-29-18-8-12(6-13-4-3-5-16(23)19(13)24)7-14-20(18)25(17)9-15(21(14)26)22(27)28;1-2/h3-5,7-9,11,17H,6,10H2,1-2H3,(H,27,28);1-2H3. The van der Waals surface area contributed by atoms with Gasteiger partial charge in [-0.05, 0) is 35.2 Å². The highest BCUT2D eigenvalue weighted by atomic mass is 35.5. The molecule has 164 valence electrons. The van der Waals surface area contributed by atoms with Crippen molar-refractivity contribution in [1.82, 2.24) is 4.57 Å². The molecule has 31 heavy (non-hydrogen) atoms. The van der Waals surface area contributed by atoms with Crippen molar-refractivity contribution < 1.29 is 19.0 Å². The maximum atomic E-state index is 14.3. The van der Waals surface area contributed by atoms with Crippen molar-refractivity contribution in [3.8, 4) is 5.75 Å². The van der Waals surface area contributed by atoms with Gasteiger partial charge < -0.3 is 14.4 Å². The van der Waals surface area contributed by atoms with Crippen LogP contribution in [0.1, 0.15) is 55.2 Å². The average molecular weight is 446 g/mol. The third kappa shape index (κ3) is 4.17. The van der Waals surface area contributed by atoms with Crippen molar-refractivity contribution in [3.63, 3.8) is 0 Å². The summed E-state index contributed by atoms with van der Waals surface area (Å²) < 4.78 is 22.1. The third-order valence-corrected chi connectivity index (χ3v) is 5.64. The molecule has 4 rings (SSSR count). The van der Waals surface area contributed by atoms with E-state index in [0.717, 1.165) is 0 Å². The molecule has 1 aliphatic rings. The van der Waals surface area contributed by atoms with E-state index in [9.17, 15) is 19.1 Å². The number of hydrogen-bond acceptors (Lipinski definition) is 3. The van der Waals surface area contributed by atoms with E-state index in [0.29, 0.717) is 29.0 Å². The Hall–Kier alpha value is -2.86. The number of nitrogens with zero attached hydrogens (tertiary/aromatic N) is 1. The molecule has 5 nitrogen and oxygen atoms in total. The van der Waals surface area contributed by atoms with Crippen LogP contribution in [-0.4, -0.2) is 22.2 Å². The van der Waals surface area contributed by atoms with Crippen LogP contribution in [0.3, 0.4) is 0 Å². The summed E-state index contributed by atoms with van der Waals surface area (Å²) in [6, 6.07) is 8.05. The van der Waals surface area contributed by atoms with Crippen LogP contribution in [0.25, 0.3) is 10.9 Å². The number of carboxylic acid groups (broad SMARTS) is 1. The quantitative estimate of drug-likeness (QED) is 0.559. The molecule has 1 aromatic heterocycles. The van der Waals surface area contributed by atoms with Gasteiger partial charge in [-0.25, -0.2) is 9.18 Å². The van der Waals surface area contributed by atoms with Gasteiger partial charge in [0.1, 0.15) is 23.7 Å². The molecule has 2 aromatic carbocycles. The van der Waals surface area contributed by atoms with Crippen LogP contribution in [0.5, 0.6) is 5.75 Å². The van der Waals surface area contributed by atoms with Gasteiger partial charge in [0.05, 0.1) is 22.0 Å². The zero-order valence-electron chi connectivity index (χ0n) is 17.9. The number of halogens is 2. The lowest BCUT2D eigenvalue weighted by Gasteiger charge is -2.32. The van der Waals surface area contributed by atoms with E-state index in [2.05, 4.69) is 0 Å². The molecule has 0 fully saturated rings. The largest absolute Gasteiger partial charge is 0.489 e. The maximum Gasteiger partial charge on any atom is 0.341 e. The molecule has 0 bridgehead atoms. The van der Waals surface area contributed by atoms with Gasteiger partial charge in [0, 0.05) is 12.6 Å². The fourth-order valence-corrected chi connectivity index (χ4v) is 4.01. The van der Waals surface area contributed by atoms with Gasteiger partial charge >= 0.3 is 5.97 Å². The van der Waals surface area contributed by atoms with Crippen LogP contribution in [0.2, 0.25) is 5.02 Å². The fraction of sp³-hybridized carbons (Fsp3) is 0.333. The molecule has 1 atom stereocenters. The monoisotopic (exact) mass is 445 g/mol. The zero-order chi connectivity index (χ0) is 22.9. The Labute approximate surface area is 185 Å². The second kappa shape index (κ2) is 9.10. The lowest BCUT2D eigenvalue weighted by atomic mass is 9.97. The number of hydrogen-bond donors (Lipinski definition) is 1. The van der Waals surface area contributed by atoms with Crippen LogP contribution in [0, 0.1) is 11.7 Å². The third-order valence-electron chi connectivity index (χ3n) is 5.34. The van der Waals surface area contributed by atoms with E-state index in [4.69, 9.17) is 16.3 Å². The van der Waals surface area contributed by atoms with Crippen molar-refractivity contribution in [1.29, 1.82) is 0 Å². The highest BCUT2D eigenvalue weighted by Crippen LogP contribution is 2.36. The van der Waals surface area contributed by atoms with Gasteiger partial charge in [-0.2, -0.15) is 0 Å². The highest BCUT2D eigenvalue weighted by molar-refractivity contribution is 6.30. The summed E-state index contributed by atoms with van der Waals surface area (Å²) >= 11 is 5.87. The molecule has 1 aliphatic heterocycles. The second-order valence-corrected chi connectivity index (χ2v) is 7.99. The molecule has 0 radical (unpaired) electrons. The number of rotatable bonds is 4. The number of ether oxygens (including phenoxy) is 1. The Balaban J connectivity index is 0.00000132. The summed E-state index contributed by atoms with van der Waals surface area (Å²) in [6.45, 7) is 8.38. The van der Waals surface area contributed by atoms with Gasteiger partial charge in [-0.3, -0.25) is 4.79 Å². The first-order chi connectivity index (χ1) is 14.8. The number of carbonyl (C=O) groups is 1. The Kier molecular flexibility index (Phi) is 6.70. The maximum absolute atomic E-state index is 14.3. The van der Waals surface area contributed by atoms with Crippen molar-refractivity contribution in [2.24, 2.45) is 5.92 Å². The van der Waals surface area contributed by atoms with E-state index in [-0.39, 0.29) is 34.4 Å². The molecule has 0 aliphatic carbocycles. The first-order valence-corrected chi connectivity index (χ1v) is 10.7. The first kappa shape index (κ1) is 22.8. The van der Waals surface area contributed by atoms with Crippen molar-refractivity contribution >= 4 is 28.5 Å². The Morgan fingerprint density at radius 1 is 1.32 bits per heavy atom. The number of aromatic nitrogens is 1. The SMILES string of the molecule is CC.CC(C)C1COc2cc(Cc3cccc(Cl)c3F)cc3c(=O)c(C(=O)O)cn1c23. The fourth-order valence-electron chi connectivity index (χ4n) is 3.81. The van der Waals surface area contributed by atoms with E-state index in [1.165, 1.54) is 12.3 Å². The number of benzene rings is 2. The van der Waals surface area contributed by atoms with E-state index in [1.807, 2.05) is 32.3 Å². The minimum Gasteiger partial charge on any atom is -0.489 e. The summed E-state index contributed by atoms with van der Waals surface area (Å²) in [5.41, 5.74) is 0.728. The van der Waals surface area contributed by atoms with Gasteiger partial charge in [0.15, 0.2) is 0 Å². The molecule has 0 saturated carbocycles. The Morgan fingerprint density at radius 2 is 2.03 bits per heavy atom. The molecule has 0 spiro atoms. The molecular weight excluding hydrogens is 421 g/mol. The molecule has 1 unspecified atom stereocenters. The van der Waals surface area contributed by atoms with E-state index in [1.54, 1.807) is 24.3 Å². The van der Waals surface area contributed by atoms with Crippen LogP contribution in [0.4, 0.5) is 4.39 Å². The molecule has 7 heteroatoms. The van der Waals surface area contributed by atoms with Gasteiger partial charge in [0.2, 0.25) is 5.43 Å². The van der Waals surface area contributed by atoms with Crippen LogP contribution < -0.4 is 10.2 Å². The summed E-state index contributed by atoms with van der Waals surface area (Å²) in [6.07, 6.45) is 1.60. The number of carboxylic acids is 1. The smallest absolute Gasteiger partial charge is 0.341 e.